The third-order valence-corrected chi connectivity index (χ3v) is 4.47. The Morgan fingerprint density at radius 1 is 1.16 bits per heavy atom. The first kappa shape index (κ1) is 17.0. The number of hydrogen-bond donors (Lipinski definition) is 1. The van der Waals surface area contributed by atoms with E-state index in [2.05, 4.69) is 45.0 Å². The fourth-order valence-electron chi connectivity index (χ4n) is 3.16. The highest BCUT2D eigenvalue weighted by Gasteiger charge is 2.26. The predicted octanol–water partition coefficient (Wildman–Crippen LogP) is 3.91. The van der Waals surface area contributed by atoms with E-state index in [4.69, 9.17) is 0 Å². The number of nitrogens with zero attached hydrogens (tertiary/aromatic N) is 1. The topological polar surface area (TPSA) is 15.3 Å². The van der Waals surface area contributed by atoms with Gasteiger partial charge >= 0.3 is 0 Å². The van der Waals surface area contributed by atoms with Gasteiger partial charge in [0.1, 0.15) is 0 Å². The summed E-state index contributed by atoms with van der Waals surface area (Å²) in [5.74, 6) is 0.950. The number of likely N-dealkylation sites (N-methyl/N-ethyl adjacent to an activating group) is 1. The number of rotatable bonds is 7. The summed E-state index contributed by atoms with van der Waals surface area (Å²) in [7, 11) is 2.31. The highest BCUT2D eigenvalue weighted by Crippen LogP contribution is 2.25. The molecule has 0 radical (unpaired) electrons. The van der Waals surface area contributed by atoms with Gasteiger partial charge in [-0.05, 0) is 44.2 Å². The minimum atomic E-state index is 0.343. The molecule has 19 heavy (non-hydrogen) atoms. The molecule has 0 aliphatic heterocycles. The van der Waals surface area contributed by atoms with Gasteiger partial charge in [0, 0.05) is 19.1 Å². The van der Waals surface area contributed by atoms with Crippen LogP contribution in [0.15, 0.2) is 0 Å². The van der Waals surface area contributed by atoms with E-state index < -0.39 is 0 Å². The highest BCUT2D eigenvalue weighted by atomic mass is 15.1. The minimum Gasteiger partial charge on any atom is -0.312 e. The molecule has 1 rings (SSSR count). The second-order valence-corrected chi connectivity index (χ2v) is 7.60. The average molecular weight is 268 g/mol. The Labute approximate surface area is 121 Å². The summed E-state index contributed by atoms with van der Waals surface area (Å²) >= 11 is 0. The van der Waals surface area contributed by atoms with Crippen molar-refractivity contribution >= 4 is 0 Å². The van der Waals surface area contributed by atoms with Crippen molar-refractivity contribution in [1.29, 1.82) is 0 Å². The molecule has 0 bridgehead atoms. The summed E-state index contributed by atoms with van der Waals surface area (Å²) in [6, 6.07) is 0.598. The largest absolute Gasteiger partial charge is 0.312 e. The molecule has 0 saturated heterocycles. The lowest BCUT2D eigenvalue weighted by Crippen LogP contribution is -2.48. The standard InChI is InChI=1S/C17H36N2/c1-6-12-18-16(17(2,3)4)14-19(5)13-15-10-8-7-9-11-15/h15-16,18H,6-14H2,1-5H3. The lowest BCUT2D eigenvalue weighted by atomic mass is 9.85. The molecular formula is C17H36N2. The zero-order valence-electron chi connectivity index (χ0n) is 14.0. The van der Waals surface area contributed by atoms with Crippen molar-refractivity contribution in [3.63, 3.8) is 0 Å². The van der Waals surface area contributed by atoms with Crippen LogP contribution in [0.1, 0.15) is 66.2 Å². The summed E-state index contributed by atoms with van der Waals surface area (Å²) in [5.41, 5.74) is 0.343. The van der Waals surface area contributed by atoms with Crippen LogP contribution in [0.2, 0.25) is 0 Å². The molecule has 1 atom stereocenters. The van der Waals surface area contributed by atoms with E-state index in [0.717, 1.165) is 12.5 Å². The van der Waals surface area contributed by atoms with Crippen LogP contribution >= 0.6 is 0 Å². The lowest BCUT2D eigenvalue weighted by Gasteiger charge is -2.36. The molecule has 2 nitrogen and oxygen atoms in total. The molecule has 1 N–H and O–H groups in total. The van der Waals surface area contributed by atoms with Crippen LogP contribution < -0.4 is 5.32 Å². The predicted molar refractivity (Wildman–Crippen MR) is 85.6 cm³/mol. The van der Waals surface area contributed by atoms with Crippen LogP contribution in [-0.2, 0) is 0 Å². The van der Waals surface area contributed by atoms with Crippen LogP contribution in [-0.4, -0.2) is 37.6 Å². The Bertz CT molecular complexity index is 226. The number of hydrogen-bond acceptors (Lipinski definition) is 2. The van der Waals surface area contributed by atoms with Crippen LogP contribution in [0.4, 0.5) is 0 Å². The molecular weight excluding hydrogens is 232 g/mol. The summed E-state index contributed by atoms with van der Waals surface area (Å²) in [6.45, 7) is 12.9. The van der Waals surface area contributed by atoms with E-state index in [1.165, 1.54) is 51.6 Å². The van der Waals surface area contributed by atoms with E-state index in [0.29, 0.717) is 11.5 Å². The smallest absolute Gasteiger partial charge is 0.0243 e. The first-order valence-electron chi connectivity index (χ1n) is 8.35. The molecule has 0 heterocycles. The van der Waals surface area contributed by atoms with Crippen molar-refractivity contribution in [2.45, 2.75) is 72.3 Å². The fourth-order valence-corrected chi connectivity index (χ4v) is 3.16. The Hall–Kier alpha value is -0.0800. The van der Waals surface area contributed by atoms with Crippen molar-refractivity contribution < 1.29 is 0 Å². The van der Waals surface area contributed by atoms with Gasteiger partial charge in [0.15, 0.2) is 0 Å². The van der Waals surface area contributed by atoms with E-state index in [-0.39, 0.29) is 0 Å². The molecule has 1 saturated carbocycles. The van der Waals surface area contributed by atoms with Gasteiger partial charge in [-0.3, -0.25) is 0 Å². The Morgan fingerprint density at radius 3 is 2.32 bits per heavy atom. The van der Waals surface area contributed by atoms with E-state index >= 15 is 0 Å². The number of nitrogens with one attached hydrogen (secondary N) is 1. The maximum atomic E-state index is 3.74. The maximum Gasteiger partial charge on any atom is 0.0243 e. The summed E-state index contributed by atoms with van der Waals surface area (Å²) < 4.78 is 0. The molecule has 2 heteroatoms. The molecule has 1 unspecified atom stereocenters. The average Bonchev–Trinajstić information content (AvgIpc) is 2.34. The van der Waals surface area contributed by atoms with Crippen LogP contribution in [0.5, 0.6) is 0 Å². The Balaban J connectivity index is 2.38. The van der Waals surface area contributed by atoms with Gasteiger partial charge in [0.2, 0.25) is 0 Å². The first-order chi connectivity index (χ1) is 8.93. The van der Waals surface area contributed by atoms with Gasteiger partial charge in [0.25, 0.3) is 0 Å². The SMILES string of the molecule is CCCNC(CN(C)CC1CCCCC1)C(C)(C)C. The maximum absolute atomic E-state index is 3.74. The van der Waals surface area contributed by atoms with Gasteiger partial charge in [-0.25, -0.2) is 0 Å². The first-order valence-corrected chi connectivity index (χ1v) is 8.35. The van der Waals surface area contributed by atoms with Crippen LogP contribution in [0, 0.1) is 11.3 Å². The van der Waals surface area contributed by atoms with Gasteiger partial charge < -0.3 is 10.2 Å². The van der Waals surface area contributed by atoms with Crippen molar-refractivity contribution in [2.75, 3.05) is 26.7 Å². The molecule has 0 aromatic carbocycles. The van der Waals surface area contributed by atoms with Crippen molar-refractivity contribution in [2.24, 2.45) is 11.3 Å². The third kappa shape index (κ3) is 6.76. The van der Waals surface area contributed by atoms with Crippen molar-refractivity contribution in [1.82, 2.24) is 10.2 Å². The molecule has 114 valence electrons. The zero-order valence-corrected chi connectivity index (χ0v) is 14.0. The quantitative estimate of drug-likeness (QED) is 0.753. The Morgan fingerprint density at radius 2 is 1.79 bits per heavy atom. The van der Waals surface area contributed by atoms with Gasteiger partial charge in [-0.2, -0.15) is 0 Å². The zero-order chi connectivity index (χ0) is 14.3. The van der Waals surface area contributed by atoms with E-state index in [9.17, 15) is 0 Å². The fraction of sp³-hybridized carbons (Fsp3) is 1.00. The minimum absolute atomic E-state index is 0.343. The highest BCUT2D eigenvalue weighted by molar-refractivity contribution is 4.83. The monoisotopic (exact) mass is 268 g/mol. The van der Waals surface area contributed by atoms with Crippen LogP contribution in [0.3, 0.4) is 0 Å². The summed E-state index contributed by atoms with van der Waals surface area (Å²) in [4.78, 5) is 2.56. The third-order valence-electron chi connectivity index (χ3n) is 4.47. The van der Waals surface area contributed by atoms with Crippen LogP contribution in [0.25, 0.3) is 0 Å². The normalized spacial score (nSPS) is 19.9. The van der Waals surface area contributed by atoms with Gasteiger partial charge in [-0.15, -0.1) is 0 Å². The second-order valence-electron chi connectivity index (χ2n) is 7.60. The Kier molecular flexibility index (Phi) is 7.38. The van der Waals surface area contributed by atoms with Gasteiger partial charge in [-0.1, -0.05) is 47.0 Å². The van der Waals surface area contributed by atoms with E-state index in [1.54, 1.807) is 0 Å². The van der Waals surface area contributed by atoms with Crippen molar-refractivity contribution in [3.8, 4) is 0 Å². The molecule has 0 aromatic rings. The van der Waals surface area contributed by atoms with E-state index in [1.807, 2.05) is 0 Å². The van der Waals surface area contributed by atoms with Gasteiger partial charge in [0.05, 0.1) is 0 Å². The molecule has 1 aliphatic rings. The lowest BCUT2D eigenvalue weighted by molar-refractivity contribution is 0.166. The second kappa shape index (κ2) is 8.26. The molecule has 0 amide bonds. The molecule has 1 fully saturated rings. The molecule has 0 aromatic heterocycles. The summed E-state index contributed by atoms with van der Waals surface area (Å²) in [6.07, 6.45) is 8.49. The van der Waals surface area contributed by atoms with Crippen molar-refractivity contribution in [3.05, 3.63) is 0 Å². The molecule has 0 spiro atoms. The summed E-state index contributed by atoms with van der Waals surface area (Å²) in [5, 5.41) is 3.74. The molecule has 1 aliphatic carbocycles.